The Labute approximate surface area is 153 Å². The topological polar surface area (TPSA) is 44.6 Å². The summed E-state index contributed by atoms with van der Waals surface area (Å²) >= 11 is 0. The van der Waals surface area contributed by atoms with Crippen LogP contribution in [0.4, 0.5) is 0 Å². The van der Waals surface area contributed by atoms with Gasteiger partial charge >= 0.3 is 0 Å². The fraction of sp³-hybridized carbons (Fsp3) is 0.682. The first-order valence-corrected chi connectivity index (χ1v) is 9.75. The molecule has 3 nitrogen and oxygen atoms in total. The summed E-state index contributed by atoms with van der Waals surface area (Å²) in [4.78, 5) is 0. The van der Waals surface area contributed by atoms with E-state index < -0.39 is 0 Å². The Kier molecular flexibility index (Phi) is 6.18. The van der Waals surface area contributed by atoms with Crippen molar-refractivity contribution in [3.05, 3.63) is 28.8 Å². The Balaban J connectivity index is 2.26. The van der Waals surface area contributed by atoms with Gasteiger partial charge in [0.25, 0.3) is 0 Å². The van der Waals surface area contributed by atoms with Crippen molar-refractivity contribution in [2.75, 3.05) is 0 Å². The molecule has 1 aromatic rings. The number of hydrazone groups is 1. The van der Waals surface area contributed by atoms with E-state index in [9.17, 15) is 5.11 Å². The molecule has 1 aliphatic carbocycles. The number of rotatable bonds is 3. The van der Waals surface area contributed by atoms with Crippen molar-refractivity contribution in [1.82, 2.24) is 5.43 Å². The van der Waals surface area contributed by atoms with E-state index >= 15 is 0 Å². The lowest BCUT2D eigenvalue weighted by molar-refractivity contribution is 0.423. The van der Waals surface area contributed by atoms with Crippen molar-refractivity contribution in [1.29, 1.82) is 0 Å². The van der Waals surface area contributed by atoms with Crippen LogP contribution in [0.25, 0.3) is 0 Å². The van der Waals surface area contributed by atoms with E-state index in [0.717, 1.165) is 16.7 Å². The SMILES string of the molecule is CC(C)(C)c1cc(/C=N/NC2CCCCCC2)cc(C(C)(C)C)c1O. The maximum atomic E-state index is 10.8. The molecular weight excluding hydrogens is 308 g/mol. The molecule has 2 N–H and O–H groups in total. The van der Waals surface area contributed by atoms with Crippen LogP contribution in [0.1, 0.15) is 96.8 Å². The lowest BCUT2D eigenvalue weighted by atomic mass is 9.78. The highest BCUT2D eigenvalue weighted by Crippen LogP contribution is 2.39. The number of aromatic hydroxyl groups is 1. The highest BCUT2D eigenvalue weighted by molar-refractivity contribution is 5.81. The highest BCUT2D eigenvalue weighted by atomic mass is 16.3. The first kappa shape index (κ1) is 19.8. The van der Waals surface area contributed by atoms with Crippen molar-refractivity contribution in [3.8, 4) is 5.75 Å². The Morgan fingerprint density at radius 3 is 1.84 bits per heavy atom. The summed E-state index contributed by atoms with van der Waals surface area (Å²) in [6.07, 6.45) is 9.65. The molecule has 2 rings (SSSR count). The molecule has 0 aromatic heterocycles. The molecule has 0 atom stereocenters. The first-order chi connectivity index (χ1) is 11.6. The van der Waals surface area contributed by atoms with Crippen LogP contribution in [0.15, 0.2) is 17.2 Å². The molecule has 140 valence electrons. The van der Waals surface area contributed by atoms with Gasteiger partial charge in [-0.15, -0.1) is 0 Å². The molecular formula is C22H36N2O. The second-order valence-corrected chi connectivity index (χ2v) is 9.54. The van der Waals surface area contributed by atoms with Crippen molar-refractivity contribution in [3.63, 3.8) is 0 Å². The fourth-order valence-corrected chi connectivity index (χ4v) is 3.50. The molecule has 0 unspecified atom stereocenters. The molecule has 1 fully saturated rings. The van der Waals surface area contributed by atoms with Gasteiger partial charge in [-0.3, -0.25) is 0 Å². The summed E-state index contributed by atoms with van der Waals surface area (Å²) in [6.45, 7) is 12.8. The van der Waals surface area contributed by atoms with Crippen molar-refractivity contribution < 1.29 is 5.11 Å². The molecule has 3 heteroatoms. The van der Waals surface area contributed by atoms with Crippen LogP contribution in [0, 0.1) is 0 Å². The van der Waals surface area contributed by atoms with Crippen LogP contribution in [0.5, 0.6) is 5.75 Å². The van der Waals surface area contributed by atoms with Gasteiger partial charge in [-0.2, -0.15) is 5.10 Å². The zero-order chi connectivity index (χ0) is 18.7. The van der Waals surface area contributed by atoms with Gasteiger partial charge in [-0.25, -0.2) is 0 Å². The van der Waals surface area contributed by atoms with Crippen LogP contribution >= 0.6 is 0 Å². The largest absolute Gasteiger partial charge is 0.507 e. The summed E-state index contributed by atoms with van der Waals surface area (Å²) in [6, 6.07) is 4.64. The van der Waals surface area contributed by atoms with E-state index in [-0.39, 0.29) is 10.8 Å². The van der Waals surface area contributed by atoms with Crippen molar-refractivity contribution in [2.24, 2.45) is 5.10 Å². The highest BCUT2D eigenvalue weighted by Gasteiger charge is 2.26. The Morgan fingerprint density at radius 1 is 0.920 bits per heavy atom. The van der Waals surface area contributed by atoms with Gasteiger partial charge in [0, 0.05) is 17.2 Å². The van der Waals surface area contributed by atoms with Crippen LogP contribution < -0.4 is 5.43 Å². The van der Waals surface area contributed by atoms with E-state index in [1.165, 1.54) is 38.5 Å². The molecule has 1 saturated carbocycles. The molecule has 0 amide bonds. The third kappa shape index (κ3) is 5.49. The quantitative estimate of drug-likeness (QED) is 0.424. The van der Waals surface area contributed by atoms with E-state index in [0.29, 0.717) is 11.8 Å². The normalized spacial score (nSPS) is 17.7. The molecule has 25 heavy (non-hydrogen) atoms. The summed E-state index contributed by atoms with van der Waals surface area (Å²) in [5, 5.41) is 15.3. The number of benzene rings is 1. The van der Waals surface area contributed by atoms with Crippen LogP contribution in [-0.4, -0.2) is 17.4 Å². The average molecular weight is 345 g/mol. The van der Waals surface area contributed by atoms with Gasteiger partial charge in [0.2, 0.25) is 0 Å². The molecule has 0 saturated heterocycles. The molecule has 0 aliphatic heterocycles. The van der Waals surface area contributed by atoms with E-state index in [2.05, 4.69) is 64.2 Å². The van der Waals surface area contributed by atoms with Crippen LogP contribution in [0.2, 0.25) is 0 Å². The minimum absolute atomic E-state index is 0.108. The number of hydrogen-bond donors (Lipinski definition) is 2. The Bertz CT molecular complexity index is 562. The molecule has 0 heterocycles. The summed E-state index contributed by atoms with van der Waals surface area (Å²) in [5.41, 5.74) is 6.15. The fourth-order valence-electron chi connectivity index (χ4n) is 3.50. The third-order valence-electron chi connectivity index (χ3n) is 5.07. The lowest BCUT2D eigenvalue weighted by Gasteiger charge is -2.27. The predicted molar refractivity (Wildman–Crippen MR) is 108 cm³/mol. The smallest absolute Gasteiger partial charge is 0.123 e. The minimum atomic E-state index is -0.108. The van der Waals surface area contributed by atoms with Gasteiger partial charge in [0.1, 0.15) is 5.75 Å². The van der Waals surface area contributed by atoms with Crippen molar-refractivity contribution >= 4 is 6.21 Å². The van der Waals surface area contributed by atoms with Crippen molar-refractivity contribution in [2.45, 2.75) is 96.9 Å². The zero-order valence-electron chi connectivity index (χ0n) is 16.9. The molecule has 1 aliphatic rings. The number of phenolic OH excluding ortho intramolecular Hbond substituents is 1. The van der Waals surface area contributed by atoms with Gasteiger partial charge in [0.05, 0.1) is 6.21 Å². The number of hydrogen-bond acceptors (Lipinski definition) is 3. The van der Waals surface area contributed by atoms with Crippen LogP contribution in [-0.2, 0) is 10.8 Å². The second-order valence-electron chi connectivity index (χ2n) is 9.54. The number of nitrogens with zero attached hydrogens (tertiary/aromatic N) is 1. The van der Waals surface area contributed by atoms with Crippen LogP contribution in [0.3, 0.4) is 0 Å². The molecule has 0 radical (unpaired) electrons. The maximum absolute atomic E-state index is 10.8. The van der Waals surface area contributed by atoms with Gasteiger partial charge in [-0.05, 0) is 41.4 Å². The van der Waals surface area contributed by atoms with Gasteiger partial charge in [-0.1, -0.05) is 67.2 Å². The van der Waals surface area contributed by atoms with E-state index in [1.54, 1.807) is 0 Å². The molecule has 1 aromatic carbocycles. The molecule has 0 bridgehead atoms. The minimum Gasteiger partial charge on any atom is -0.507 e. The van der Waals surface area contributed by atoms with Gasteiger partial charge < -0.3 is 10.5 Å². The first-order valence-electron chi connectivity index (χ1n) is 9.75. The summed E-state index contributed by atoms with van der Waals surface area (Å²) in [7, 11) is 0. The third-order valence-corrected chi connectivity index (χ3v) is 5.07. The number of phenols is 1. The summed E-state index contributed by atoms with van der Waals surface area (Å²) in [5.74, 6) is 0.425. The monoisotopic (exact) mass is 344 g/mol. The second kappa shape index (κ2) is 7.80. The zero-order valence-corrected chi connectivity index (χ0v) is 16.9. The lowest BCUT2D eigenvalue weighted by Crippen LogP contribution is -2.23. The predicted octanol–water partition coefficient (Wildman–Crippen LogP) is 5.63. The molecule has 0 spiro atoms. The standard InChI is InChI=1S/C22H36N2O/c1-21(2,3)18-13-16(14-19(20(18)25)22(4,5)6)15-23-24-17-11-9-7-8-10-12-17/h13-15,17,24-25H,7-12H2,1-6H3/b23-15+. The van der Waals surface area contributed by atoms with E-state index in [1.807, 2.05) is 6.21 Å². The van der Waals surface area contributed by atoms with Gasteiger partial charge in [0.15, 0.2) is 0 Å². The maximum Gasteiger partial charge on any atom is 0.123 e. The average Bonchev–Trinajstić information content (AvgIpc) is 2.75. The Hall–Kier alpha value is -1.51. The van der Waals surface area contributed by atoms with E-state index in [4.69, 9.17) is 0 Å². The Morgan fingerprint density at radius 2 is 1.40 bits per heavy atom. The summed E-state index contributed by atoms with van der Waals surface area (Å²) < 4.78 is 0. The number of nitrogens with one attached hydrogen (secondary N) is 1.